The van der Waals surface area contributed by atoms with Crippen LogP contribution in [0.5, 0.6) is 0 Å². The Labute approximate surface area is 118 Å². The number of hydrazone groups is 1. The Morgan fingerprint density at radius 2 is 1.95 bits per heavy atom. The summed E-state index contributed by atoms with van der Waals surface area (Å²) in [7, 11) is -3.23. The molecule has 0 fully saturated rings. The summed E-state index contributed by atoms with van der Waals surface area (Å²) >= 11 is 0. The van der Waals surface area contributed by atoms with Crippen molar-refractivity contribution in [1.29, 1.82) is 0 Å². The van der Waals surface area contributed by atoms with Gasteiger partial charge in [0, 0.05) is 19.2 Å². The zero-order valence-electron chi connectivity index (χ0n) is 11.4. The lowest BCUT2D eigenvalue weighted by Gasteiger charge is -2.32. The van der Waals surface area contributed by atoms with Crippen LogP contribution < -0.4 is 0 Å². The van der Waals surface area contributed by atoms with Crippen LogP contribution in [0.15, 0.2) is 16.2 Å². The van der Waals surface area contributed by atoms with Crippen molar-refractivity contribution in [3.63, 3.8) is 0 Å². The van der Waals surface area contributed by atoms with Crippen molar-refractivity contribution < 1.29 is 26.7 Å². The van der Waals surface area contributed by atoms with Gasteiger partial charge in [0.2, 0.25) is 0 Å². The maximum Gasteiger partial charge on any atom is 0.439 e. The van der Waals surface area contributed by atoms with Crippen LogP contribution in [0.3, 0.4) is 0 Å². The molecule has 0 spiro atoms. The van der Waals surface area contributed by atoms with Gasteiger partial charge in [-0.3, -0.25) is 4.68 Å². The van der Waals surface area contributed by atoms with Crippen LogP contribution in [0.4, 0.5) is 13.2 Å². The Bertz CT molecular complexity index is 710. The lowest BCUT2D eigenvalue weighted by molar-refractivity contribution is -0.291. The monoisotopic (exact) mass is 326 g/mol. The van der Waals surface area contributed by atoms with Gasteiger partial charge in [0.1, 0.15) is 4.90 Å². The van der Waals surface area contributed by atoms with Crippen LogP contribution in [0.25, 0.3) is 0 Å². The molecule has 0 radical (unpaired) electrons. The van der Waals surface area contributed by atoms with Crippen LogP contribution in [-0.2, 0) is 17.1 Å². The van der Waals surface area contributed by atoms with E-state index >= 15 is 0 Å². The van der Waals surface area contributed by atoms with Gasteiger partial charge < -0.3 is 5.11 Å². The molecule has 1 aromatic heterocycles. The Hall–Kier alpha value is -1.62. The van der Waals surface area contributed by atoms with E-state index in [1.54, 1.807) is 0 Å². The number of hydrogen-bond donors (Lipinski definition) is 1. The van der Waals surface area contributed by atoms with E-state index in [4.69, 9.17) is 0 Å². The van der Waals surface area contributed by atoms with Gasteiger partial charge in [0.25, 0.3) is 15.7 Å². The number of aliphatic hydroxyl groups is 1. The standard InChI is InChI=1S/C10H13F3N4O3S/c1-6-4-9(18,10(11,12)13)17(15-6)21(19,20)8-5-14-16(3)7(8)2/h5,18H,4H2,1-3H3/t9-/m0/s1. The molecule has 2 rings (SSSR count). The van der Waals surface area contributed by atoms with E-state index in [0.29, 0.717) is 0 Å². The van der Waals surface area contributed by atoms with Gasteiger partial charge >= 0.3 is 6.18 Å². The quantitative estimate of drug-likeness (QED) is 0.869. The number of nitrogens with zero attached hydrogens (tertiary/aromatic N) is 4. The highest BCUT2D eigenvalue weighted by Gasteiger charge is 2.64. The smallest absolute Gasteiger partial charge is 0.361 e. The molecule has 118 valence electrons. The number of hydrogen-bond acceptors (Lipinski definition) is 5. The zero-order valence-corrected chi connectivity index (χ0v) is 12.2. The second kappa shape index (κ2) is 4.44. The molecule has 7 nitrogen and oxygen atoms in total. The summed E-state index contributed by atoms with van der Waals surface area (Å²) in [6.07, 6.45) is -5.20. The molecule has 0 unspecified atom stereocenters. The first-order valence-electron chi connectivity index (χ1n) is 5.78. The van der Waals surface area contributed by atoms with Gasteiger partial charge in [-0.2, -0.15) is 31.8 Å². The number of sulfonamides is 1. The Balaban J connectivity index is 2.60. The van der Waals surface area contributed by atoms with Crippen LogP contribution in [0.2, 0.25) is 0 Å². The van der Waals surface area contributed by atoms with Gasteiger partial charge in [-0.15, -0.1) is 4.41 Å². The molecule has 0 aliphatic carbocycles. The van der Waals surface area contributed by atoms with Crippen molar-refractivity contribution in [2.45, 2.75) is 37.1 Å². The molecule has 1 aromatic rings. The van der Waals surface area contributed by atoms with Crippen molar-refractivity contribution >= 4 is 15.7 Å². The van der Waals surface area contributed by atoms with E-state index in [9.17, 15) is 26.7 Å². The highest BCUT2D eigenvalue weighted by atomic mass is 32.2. The number of rotatable bonds is 2. The molecular weight excluding hydrogens is 313 g/mol. The molecule has 11 heteroatoms. The number of aromatic nitrogens is 2. The molecule has 0 saturated carbocycles. The maximum absolute atomic E-state index is 13.1. The molecule has 0 amide bonds. The van der Waals surface area contributed by atoms with Gasteiger partial charge in [0.05, 0.1) is 11.9 Å². The largest absolute Gasteiger partial charge is 0.439 e. The third-order valence-corrected chi connectivity index (χ3v) is 5.03. The number of aryl methyl sites for hydroxylation is 1. The average molecular weight is 326 g/mol. The first kappa shape index (κ1) is 15.8. The lowest BCUT2D eigenvalue weighted by atomic mass is 10.1. The summed E-state index contributed by atoms with van der Waals surface area (Å²) < 4.78 is 64.9. The highest BCUT2D eigenvalue weighted by molar-refractivity contribution is 7.89. The van der Waals surface area contributed by atoms with Crippen molar-refractivity contribution in [2.24, 2.45) is 12.1 Å². The predicted octanol–water partition coefficient (Wildman–Crippen LogP) is 0.750. The minimum absolute atomic E-state index is 0.138. The summed E-state index contributed by atoms with van der Waals surface area (Å²) in [6.45, 7) is 2.60. The van der Waals surface area contributed by atoms with Crippen LogP contribution in [-0.4, -0.2) is 45.3 Å². The lowest BCUT2D eigenvalue weighted by Crippen LogP contribution is -2.56. The second-order valence-corrected chi connectivity index (χ2v) is 6.53. The van der Waals surface area contributed by atoms with Crippen LogP contribution in [0.1, 0.15) is 19.0 Å². The minimum atomic E-state index is -5.18. The first-order chi connectivity index (χ1) is 9.41. The molecule has 2 heterocycles. The van der Waals surface area contributed by atoms with Crippen molar-refractivity contribution in [2.75, 3.05) is 0 Å². The first-order valence-corrected chi connectivity index (χ1v) is 7.22. The summed E-state index contributed by atoms with van der Waals surface area (Å²) in [6, 6.07) is 0. The Morgan fingerprint density at radius 3 is 2.38 bits per heavy atom. The Kier molecular flexibility index (Phi) is 3.33. The molecule has 0 saturated heterocycles. The third kappa shape index (κ3) is 2.20. The molecule has 1 atom stereocenters. The predicted molar refractivity (Wildman–Crippen MR) is 65.7 cm³/mol. The zero-order chi connectivity index (χ0) is 16.2. The van der Waals surface area contributed by atoms with Crippen LogP contribution in [0, 0.1) is 6.92 Å². The average Bonchev–Trinajstić information content (AvgIpc) is 2.81. The third-order valence-electron chi connectivity index (χ3n) is 3.23. The van der Waals surface area contributed by atoms with Crippen LogP contribution >= 0.6 is 0 Å². The van der Waals surface area contributed by atoms with Gasteiger partial charge in [0.15, 0.2) is 0 Å². The molecule has 1 aliphatic heterocycles. The van der Waals surface area contributed by atoms with Gasteiger partial charge in [-0.05, 0) is 13.8 Å². The van der Waals surface area contributed by atoms with E-state index in [1.165, 1.54) is 25.6 Å². The van der Waals surface area contributed by atoms with Crippen molar-refractivity contribution in [1.82, 2.24) is 14.2 Å². The second-order valence-electron chi connectivity index (χ2n) is 4.79. The molecule has 0 aromatic carbocycles. The Morgan fingerprint density at radius 1 is 1.38 bits per heavy atom. The van der Waals surface area contributed by atoms with E-state index in [1.807, 2.05) is 0 Å². The number of halogens is 3. The van der Waals surface area contributed by atoms with Crippen molar-refractivity contribution in [3.8, 4) is 0 Å². The van der Waals surface area contributed by atoms with E-state index in [0.717, 1.165) is 6.20 Å². The molecule has 21 heavy (non-hydrogen) atoms. The fourth-order valence-electron chi connectivity index (χ4n) is 1.98. The molecule has 1 N–H and O–H groups in total. The highest BCUT2D eigenvalue weighted by Crippen LogP contribution is 2.43. The topological polar surface area (TPSA) is 87.8 Å². The van der Waals surface area contributed by atoms with E-state index < -0.39 is 33.2 Å². The SMILES string of the molecule is CC1=NN(S(=O)(=O)c2cnn(C)c2C)[C@@](O)(C(F)(F)F)C1. The normalized spacial score (nSPS) is 23.6. The molecular formula is C10H13F3N4O3S. The summed E-state index contributed by atoms with van der Waals surface area (Å²) in [5.41, 5.74) is -3.59. The van der Waals surface area contributed by atoms with Gasteiger partial charge in [-0.1, -0.05) is 0 Å². The molecule has 1 aliphatic rings. The summed E-state index contributed by atoms with van der Waals surface area (Å²) in [4.78, 5) is -0.439. The fraction of sp³-hybridized carbons (Fsp3) is 0.600. The maximum atomic E-state index is 13.1. The fourth-order valence-corrected chi connectivity index (χ4v) is 3.67. The number of alkyl halides is 3. The van der Waals surface area contributed by atoms with Gasteiger partial charge in [-0.25, -0.2) is 0 Å². The summed E-state index contributed by atoms with van der Waals surface area (Å²) in [5.74, 6) is 0. The minimum Gasteiger partial charge on any atom is -0.361 e. The van der Waals surface area contributed by atoms with E-state index in [2.05, 4.69) is 10.2 Å². The van der Waals surface area contributed by atoms with E-state index in [-0.39, 0.29) is 15.8 Å². The van der Waals surface area contributed by atoms with Crippen molar-refractivity contribution in [3.05, 3.63) is 11.9 Å². The molecule has 0 bridgehead atoms. The summed E-state index contributed by atoms with van der Waals surface area (Å²) in [5, 5.41) is 16.9.